The van der Waals surface area contributed by atoms with Crippen LogP contribution in [0.4, 0.5) is 23.2 Å². The lowest BCUT2D eigenvalue weighted by Crippen LogP contribution is -2.09. The van der Waals surface area contributed by atoms with Gasteiger partial charge in [0.15, 0.2) is 5.82 Å². The second kappa shape index (κ2) is 4.87. The van der Waals surface area contributed by atoms with Crippen molar-refractivity contribution in [1.29, 1.82) is 0 Å². The predicted octanol–water partition coefficient (Wildman–Crippen LogP) is 2.95. The number of nitrogens with zero attached hydrogens (tertiary/aromatic N) is 2. The summed E-state index contributed by atoms with van der Waals surface area (Å²) in [7, 11) is 0. The molecule has 1 aromatic carbocycles. The second-order valence-electron chi connectivity index (χ2n) is 3.87. The zero-order chi connectivity index (χ0) is 14.0. The van der Waals surface area contributed by atoms with Gasteiger partial charge in [0.2, 0.25) is 0 Å². The number of aryl methyl sites for hydroxylation is 1. The quantitative estimate of drug-likeness (QED) is 0.691. The first-order chi connectivity index (χ1) is 8.85. The van der Waals surface area contributed by atoms with Crippen LogP contribution < -0.4 is 5.73 Å². The van der Waals surface area contributed by atoms with E-state index in [-0.39, 0.29) is 23.8 Å². The molecule has 0 bridgehead atoms. The molecule has 0 fully saturated rings. The summed E-state index contributed by atoms with van der Waals surface area (Å²) in [5.41, 5.74) is 5.61. The minimum atomic E-state index is -4.28. The van der Waals surface area contributed by atoms with E-state index in [4.69, 9.17) is 10.3 Å². The van der Waals surface area contributed by atoms with Gasteiger partial charge >= 0.3 is 6.18 Å². The lowest BCUT2D eigenvalue weighted by molar-refractivity contribution is -0.134. The first-order valence-electron chi connectivity index (χ1n) is 5.30. The smallest absolute Gasteiger partial charge is 0.389 e. The molecular formula is C11H9F4N3O. The topological polar surface area (TPSA) is 64.9 Å². The summed E-state index contributed by atoms with van der Waals surface area (Å²) in [5, 5.41) is 3.43. The zero-order valence-electron chi connectivity index (χ0n) is 9.54. The largest absolute Gasteiger partial charge is 0.396 e. The number of hydrogen-bond donors (Lipinski definition) is 1. The Morgan fingerprint density at radius 3 is 2.63 bits per heavy atom. The highest BCUT2D eigenvalue weighted by molar-refractivity contribution is 5.59. The van der Waals surface area contributed by atoms with E-state index in [1.807, 2.05) is 0 Å². The van der Waals surface area contributed by atoms with Crippen LogP contribution in [-0.4, -0.2) is 16.3 Å². The van der Waals surface area contributed by atoms with E-state index in [1.165, 1.54) is 12.1 Å². The van der Waals surface area contributed by atoms with Crippen LogP contribution in [0.1, 0.15) is 12.2 Å². The Morgan fingerprint density at radius 2 is 2.00 bits per heavy atom. The van der Waals surface area contributed by atoms with Crippen LogP contribution in [-0.2, 0) is 6.42 Å². The second-order valence-corrected chi connectivity index (χ2v) is 3.87. The number of rotatable bonds is 3. The SMILES string of the molecule is Nc1cc(-c2nc(CCC(F)(F)F)no2)ccc1F. The fraction of sp³-hybridized carbons (Fsp3) is 0.273. The summed E-state index contributed by atoms with van der Waals surface area (Å²) in [5.74, 6) is -0.653. The number of benzene rings is 1. The third-order valence-corrected chi connectivity index (χ3v) is 2.34. The van der Waals surface area contributed by atoms with E-state index in [0.717, 1.165) is 6.07 Å². The molecule has 0 unspecified atom stereocenters. The van der Waals surface area contributed by atoms with Crippen molar-refractivity contribution in [2.45, 2.75) is 19.0 Å². The molecule has 0 aliphatic carbocycles. The van der Waals surface area contributed by atoms with Gasteiger partial charge in [-0.25, -0.2) is 4.39 Å². The van der Waals surface area contributed by atoms with Gasteiger partial charge in [0.05, 0.1) is 12.1 Å². The summed E-state index contributed by atoms with van der Waals surface area (Å²) >= 11 is 0. The highest BCUT2D eigenvalue weighted by Gasteiger charge is 2.27. The molecule has 1 heterocycles. The number of halogens is 4. The van der Waals surface area contributed by atoms with Crippen LogP contribution in [0.5, 0.6) is 0 Å². The van der Waals surface area contributed by atoms with Crippen molar-refractivity contribution < 1.29 is 22.1 Å². The maximum absolute atomic E-state index is 13.0. The summed E-state index contributed by atoms with van der Waals surface area (Å²) in [6.45, 7) is 0. The molecule has 0 radical (unpaired) electrons. The maximum atomic E-state index is 13.0. The molecule has 2 aromatic rings. The van der Waals surface area contributed by atoms with E-state index in [0.29, 0.717) is 5.56 Å². The lowest BCUT2D eigenvalue weighted by Gasteiger charge is -2.01. The first-order valence-corrected chi connectivity index (χ1v) is 5.30. The fourth-order valence-corrected chi connectivity index (χ4v) is 1.40. The van der Waals surface area contributed by atoms with E-state index < -0.39 is 18.4 Å². The molecule has 2 rings (SSSR count). The minimum absolute atomic E-state index is 0.00359. The van der Waals surface area contributed by atoms with Crippen LogP contribution in [0, 0.1) is 5.82 Å². The maximum Gasteiger partial charge on any atom is 0.389 e. The van der Waals surface area contributed by atoms with Crippen LogP contribution in [0.15, 0.2) is 22.7 Å². The normalized spacial score (nSPS) is 11.8. The Bertz CT molecular complexity index is 580. The number of aromatic nitrogens is 2. The molecule has 0 saturated heterocycles. The van der Waals surface area contributed by atoms with Crippen molar-refractivity contribution in [3.63, 3.8) is 0 Å². The van der Waals surface area contributed by atoms with E-state index >= 15 is 0 Å². The van der Waals surface area contributed by atoms with Crippen molar-refractivity contribution in [3.8, 4) is 11.5 Å². The van der Waals surface area contributed by atoms with Crippen molar-refractivity contribution in [3.05, 3.63) is 29.8 Å². The molecule has 1 aromatic heterocycles. The summed E-state index contributed by atoms with van der Waals surface area (Å²) in [6, 6.07) is 3.74. The number of anilines is 1. The standard InChI is InChI=1S/C11H9F4N3O/c12-7-2-1-6(5-8(7)16)10-17-9(18-19-10)3-4-11(13,14)15/h1-2,5H,3-4,16H2. The number of alkyl halides is 3. The molecule has 0 saturated carbocycles. The van der Waals surface area contributed by atoms with Crippen molar-refractivity contribution in [2.75, 3.05) is 5.73 Å². The molecule has 0 aliphatic rings. The summed E-state index contributed by atoms with van der Waals surface area (Å²) in [4.78, 5) is 3.80. The lowest BCUT2D eigenvalue weighted by atomic mass is 10.2. The van der Waals surface area contributed by atoms with Gasteiger partial charge in [-0.1, -0.05) is 5.16 Å². The predicted molar refractivity (Wildman–Crippen MR) is 58.5 cm³/mol. The number of nitrogens with two attached hydrogens (primary N) is 1. The van der Waals surface area contributed by atoms with E-state index in [9.17, 15) is 17.6 Å². The molecule has 0 amide bonds. The Hall–Kier alpha value is -2.12. The van der Waals surface area contributed by atoms with Crippen LogP contribution in [0.25, 0.3) is 11.5 Å². The van der Waals surface area contributed by atoms with E-state index in [1.54, 1.807) is 0 Å². The average molecular weight is 275 g/mol. The zero-order valence-corrected chi connectivity index (χ0v) is 9.54. The third-order valence-electron chi connectivity index (χ3n) is 2.34. The highest BCUT2D eigenvalue weighted by Crippen LogP contribution is 2.24. The molecule has 0 spiro atoms. The Balaban J connectivity index is 2.14. The van der Waals surface area contributed by atoms with Gasteiger partial charge in [-0.05, 0) is 18.2 Å². The molecule has 102 valence electrons. The van der Waals surface area contributed by atoms with Crippen molar-refractivity contribution >= 4 is 5.69 Å². The summed E-state index contributed by atoms with van der Waals surface area (Å²) < 4.78 is 53.8. The first kappa shape index (κ1) is 13.3. The Labute approximate surface area is 105 Å². The fourth-order valence-electron chi connectivity index (χ4n) is 1.40. The highest BCUT2D eigenvalue weighted by atomic mass is 19.4. The van der Waals surface area contributed by atoms with Gasteiger partial charge in [0.25, 0.3) is 5.89 Å². The van der Waals surface area contributed by atoms with Crippen LogP contribution in [0.3, 0.4) is 0 Å². The molecule has 2 N–H and O–H groups in total. The monoisotopic (exact) mass is 275 g/mol. The van der Waals surface area contributed by atoms with Crippen LogP contribution in [0.2, 0.25) is 0 Å². The van der Waals surface area contributed by atoms with Crippen LogP contribution >= 0.6 is 0 Å². The third kappa shape index (κ3) is 3.43. The van der Waals surface area contributed by atoms with Gasteiger partial charge < -0.3 is 10.3 Å². The molecule has 0 atom stereocenters. The molecule has 4 nitrogen and oxygen atoms in total. The van der Waals surface area contributed by atoms with Crippen molar-refractivity contribution in [2.24, 2.45) is 0 Å². The molecule has 8 heteroatoms. The average Bonchev–Trinajstić information content (AvgIpc) is 2.78. The van der Waals surface area contributed by atoms with Gasteiger partial charge in [-0.2, -0.15) is 18.2 Å². The Morgan fingerprint density at radius 1 is 1.26 bits per heavy atom. The Kier molecular flexibility index (Phi) is 3.41. The minimum Gasteiger partial charge on any atom is -0.396 e. The molecule has 0 aliphatic heterocycles. The molecular weight excluding hydrogens is 266 g/mol. The summed E-state index contributed by atoms with van der Waals surface area (Å²) in [6.07, 6.45) is -5.68. The van der Waals surface area contributed by atoms with E-state index in [2.05, 4.69) is 10.1 Å². The van der Waals surface area contributed by atoms with Crippen molar-refractivity contribution in [1.82, 2.24) is 10.1 Å². The van der Waals surface area contributed by atoms with Gasteiger partial charge in [-0.3, -0.25) is 0 Å². The molecule has 19 heavy (non-hydrogen) atoms. The van der Waals surface area contributed by atoms with Gasteiger partial charge in [0, 0.05) is 12.0 Å². The van der Waals surface area contributed by atoms with Gasteiger partial charge in [-0.15, -0.1) is 0 Å². The van der Waals surface area contributed by atoms with Gasteiger partial charge in [0.1, 0.15) is 5.82 Å². The number of nitrogen functional groups attached to an aromatic ring is 1. The number of hydrogen-bond acceptors (Lipinski definition) is 4.